The SMILES string of the molecule is CCC(CC)CNC1(CN)CCCC(C2CC2)C1. The first-order chi connectivity index (χ1) is 8.73. The normalized spacial score (nSPS) is 33.0. The molecule has 0 aliphatic heterocycles. The second-order valence-corrected chi connectivity index (χ2v) is 6.74. The van der Waals surface area contributed by atoms with Crippen LogP contribution in [0, 0.1) is 17.8 Å². The Kier molecular flexibility index (Phi) is 5.08. The van der Waals surface area contributed by atoms with Gasteiger partial charge in [-0.2, -0.15) is 0 Å². The van der Waals surface area contributed by atoms with Crippen molar-refractivity contribution < 1.29 is 0 Å². The van der Waals surface area contributed by atoms with Crippen LogP contribution in [0.2, 0.25) is 0 Å². The topological polar surface area (TPSA) is 38.0 Å². The van der Waals surface area contributed by atoms with Crippen molar-refractivity contribution in [2.45, 2.75) is 70.8 Å². The van der Waals surface area contributed by atoms with Crippen LogP contribution in [-0.2, 0) is 0 Å². The maximum absolute atomic E-state index is 6.13. The molecule has 2 fully saturated rings. The third-order valence-electron chi connectivity index (χ3n) is 5.48. The van der Waals surface area contributed by atoms with Crippen molar-refractivity contribution in [1.29, 1.82) is 0 Å². The molecule has 0 spiro atoms. The van der Waals surface area contributed by atoms with E-state index in [9.17, 15) is 0 Å². The molecular formula is C16H32N2. The Morgan fingerprint density at radius 2 is 1.89 bits per heavy atom. The average molecular weight is 252 g/mol. The number of hydrogen-bond donors (Lipinski definition) is 2. The van der Waals surface area contributed by atoms with Crippen LogP contribution in [0.15, 0.2) is 0 Å². The van der Waals surface area contributed by atoms with E-state index in [1.54, 1.807) is 0 Å². The van der Waals surface area contributed by atoms with Gasteiger partial charge in [0.15, 0.2) is 0 Å². The highest BCUT2D eigenvalue weighted by atomic mass is 15.0. The van der Waals surface area contributed by atoms with Gasteiger partial charge >= 0.3 is 0 Å². The standard InChI is InChI=1S/C16H32N2/c1-3-13(4-2)11-18-16(12-17)9-5-6-15(10-16)14-7-8-14/h13-15,18H,3-12,17H2,1-2H3. The van der Waals surface area contributed by atoms with Crippen LogP contribution in [-0.4, -0.2) is 18.6 Å². The largest absolute Gasteiger partial charge is 0.329 e. The van der Waals surface area contributed by atoms with Crippen molar-refractivity contribution in [3.63, 3.8) is 0 Å². The molecule has 0 heterocycles. The monoisotopic (exact) mass is 252 g/mol. The fourth-order valence-electron chi connectivity index (χ4n) is 3.73. The lowest BCUT2D eigenvalue weighted by atomic mass is 9.73. The Hall–Kier alpha value is -0.0800. The van der Waals surface area contributed by atoms with Crippen molar-refractivity contribution in [2.75, 3.05) is 13.1 Å². The van der Waals surface area contributed by atoms with Gasteiger partial charge in [0.25, 0.3) is 0 Å². The predicted molar refractivity (Wildman–Crippen MR) is 78.5 cm³/mol. The van der Waals surface area contributed by atoms with Gasteiger partial charge < -0.3 is 11.1 Å². The number of nitrogens with one attached hydrogen (secondary N) is 1. The Morgan fingerprint density at radius 1 is 1.17 bits per heavy atom. The zero-order valence-electron chi connectivity index (χ0n) is 12.4. The molecule has 18 heavy (non-hydrogen) atoms. The third-order valence-corrected chi connectivity index (χ3v) is 5.48. The van der Waals surface area contributed by atoms with E-state index in [-0.39, 0.29) is 5.54 Å². The second kappa shape index (κ2) is 6.38. The summed E-state index contributed by atoms with van der Waals surface area (Å²) in [4.78, 5) is 0. The van der Waals surface area contributed by atoms with E-state index < -0.39 is 0 Å². The highest BCUT2D eigenvalue weighted by Gasteiger charge is 2.41. The van der Waals surface area contributed by atoms with Gasteiger partial charge in [-0.25, -0.2) is 0 Å². The maximum Gasteiger partial charge on any atom is 0.0306 e. The number of hydrogen-bond acceptors (Lipinski definition) is 2. The molecule has 0 radical (unpaired) electrons. The summed E-state index contributed by atoms with van der Waals surface area (Å²) >= 11 is 0. The first kappa shape index (κ1) is 14.3. The Morgan fingerprint density at radius 3 is 2.44 bits per heavy atom. The third kappa shape index (κ3) is 3.48. The predicted octanol–water partition coefficient (Wildman–Crippen LogP) is 3.31. The lowest BCUT2D eigenvalue weighted by Crippen LogP contribution is -2.55. The summed E-state index contributed by atoms with van der Waals surface area (Å²) in [6.45, 7) is 6.61. The molecule has 2 rings (SSSR count). The molecule has 106 valence electrons. The van der Waals surface area contributed by atoms with Crippen LogP contribution in [0.1, 0.15) is 65.2 Å². The van der Waals surface area contributed by atoms with Crippen LogP contribution in [0.3, 0.4) is 0 Å². The van der Waals surface area contributed by atoms with Gasteiger partial charge in [0, 0.05) is 12.1 Å². The van der Waals surface area contributed by atoms with Gasteiger partial charge in [0.2, 0.25) is 0 Å². The smallest absolute Gasteiger partial charge is 0.0306 e. The molecule has 2 unspecified atom stereocenters. The second-order valence-electron chi connectivity index (χ2n) is 6.74. The van der Waals surface area contributed by atoms with Crippen LogP contribution in [0.5, 0.6) is 0 Å². The summed E-state index contributed by atoms with van der Waals surface area (Å²) in [5, 5.41) is 3.87. The molecule has 2 saturated carbocycles. The first-order valence-electron chi connectivity index (χ1n) is 8.18. The minimum absolute atomic E-state index is 0.272. The minimum atomic E-state index is 0.272. The van der Waals surface area contributed by atoms with E-state index in [0.29, 0.717) is 0 Å². The molecule has 2 nitrogen and oxygen atoms in total. The molecule has 0 aromatic rings. The zero-order valence-corrected chi connectivity index (χ0v) is 12.4. The Labute approximate surface area is 113 Å². The summed E-state index contributed by atoms with van der Waals surface area (Å²) < 4.78 is 0. The van der Waals surface area contributed by atoms with Gasteiger partial charge in [-0.1, -0.05) is 39.5 Å². The number of nitrogens with two attached hydrogens (primary N) is 1. The van der Waals surface area contributed by atoms with Gasteiger partial charge in [-0.15, -0.1) is 0 Å². The molecule has 2 heteroatoms. The summed E-state index contributed by atoms with van der Waals surface area (Å²) in [6, 6.07) is 0. The van der Waals surface area contributed by atoms with E-state index in [1.807, 2.05) is 0 Å². The van der Waals surface area contributed by atoms with E-state index in [1.165, 1.54) is 57.9 Å². The van der Waals surface area contributed by atoms with Crippen molar-refractivity contribution in [2.24, 2.45) is 23.5 Å². The quantitative estimate of drug-likeness (QED) is 0.729. The number of rotatable bonds is 7. The van der Waals surface area contributed by atoms with Crippen molar-refractivity contribution in [3.8, 4) is 0 Å². The molecule has 0 bridgehead atoms. The Balaban J connectivity index is 1.87. The van der Waals surface area contributed by atoms with Gasteiger partial charge in [-0.3, -0.25) is 0 Å². The summed E-state index contributed by atoms with van der Waals surface area (Å²) in [6.07, 6.45) is 11.0. The van der Waals surface area contributed by atoms with E-state index in [2.05, 4.69) is 19.2 Å². The maximum atomic E-state index is 6.13. The average Bonchev–Trinajstić information content (AvgIpc) is 3.24. The van der Waals surface area contributed by atoms with Crippen LogP contribution >= 0.6 is 0 Å². The molecule has 0 saturated heterocycles. The lowest BCUT2D eigenvalue weighted by Gasteiger charge is -2.42. The molecule has 0 aromatic heterocycles. The molecule has 3 N–H and O–H groups in total. The van der Waals surface area contributed by atoms with Gasteiger partial charge in [-0.05, 0) is 50.0 Å². The molecule has 0 aromatic carbocycles. The van der Waals surface area contributed by atoms with E-state index >= 15 is 0 Å². The first-order valence-corrected chi connectivity index (χ1v) is 8.18. The summed E-state index contributed by atoms with van der Waals surface area (Å²) in [7, 11) is 0. The fraction of sp³-hybridized carbons (Fsp3) is 1.00. The summed E-state index contributed by atoms with van der Waals surface area (Å²) in [5.41, 5.74) is 6.40. The highest BCUT2D eigenvalue weighted by Crippen LogP contribution is 2.46. The molecule has 0 amide bonds. The van der Waals surface area contributed by atoms with Crippen molar-refractivity contribution in [3.05, 3.63) is 0 Å². The minimum Gasteiger partial charge on any atom is -0.329 e. The molecular weight excluding hydrogens is 220 g/mol. The van der Waals surface area contributed by atoms with Crippen LogP contribution in [0.25, 0.3) is 0 Å². The van der Waals surface area contributed by atoms with Crippen LogP contribution < -0.4 is 11.1 Å². The molecule has 2 aliphatic carbocycles. The van der Waals surface area contributed by atoms with Crippen LogP contribution in [0.4, 0.5) is 0 Å². The van der Waals surface area contributed by atoms with Crippen molar-refractivity contribution >= 4 is 0 Å². The molecule has 2 atom stereocenters. The van der Waals surface area contributed by atoms with Crippen molar-refractivity contribution in [1.82, 2.24) is 5.32 Å². The van der Waals surface area contributed by atoms with E-state index in [0.717, 1.165) is 24.3 Å². The van der Waals surface area contributed by atoms with E-state index in [4.69, 9.17) is 5.73 Å². The zero-order chi connectivity index (χ0) is 13.0. The lowest BCUT2D eigenvalue weighted by molar-refractivity contribution is 0.162. The Bertz CT molecular complexity index is 245. The van der Waals surface area contributed by atoms with Gasteiger partial charge in [0.1, 0.15) is 0 Å². The fourth-order valence-corrected chi connectivity index (χ4v) is 3.73. The highest BCUT2D eigenvalue weighted by molar-refractivity contribution is 4.98. The summed E-state index contributed by atoms with van der Waals surface area (Å²) in [5.74, 6) is 2.84. The van der Waals surface area contributed by atoms with Gasteiger partial charge in [0.05, 0.1) is 0 Å². The molecule has 2 aliphatic rings.